The van der Waals surface area contributed by atoms with Crippen LogP contribution in [0.1, 0.15) is 24.8 Å². The van der Waals surface area contributed by atoms with Crippen LogP contribution in [0.3, 0.4) is 0 Å². The van der Waals surface area contributed by atoms with E-state index in [1.54, 1.807) is 6.07 Å². The number of urea groups is 1. The molecule has 0 atom stereocenters. The zero-order valence-electron chi connectivity index (χ0n) is 13.9. The maximum absolute atomic E-state index is 12.4. The normalized spacial score (nSPS) is 16.0. The van der Waals surface area contributed by atoms with Crippen LogP contribution in [0.5, 0.6) is 0 Å². The molecule has 6 heteroatoms. The standard InChI is InChI=1S/C17H26ClN3O2/c1-13-5-3-6-15(18)16(13)19-17(23)21-10-7-14(8-11-21)20(2)9-4-12-22/h3,5-6,14,22H,4,7-12H2,1-2H3,(H,19,23). The van der Waals surface area contributed by atoms with Gasteiger partial charge in [0.1, 0.15) is 0 Å². The number of amides is 2. The molecule has 0 aromatic heterocycles. The van der Waals surface area contributed by atoms with E-state index in [-0.39, 0.29) is 12.6 Å². The number of rotatable bonds is 5. The average Bonchev–Trinajstić information content (AvgIpc) is 2.56. The SMILES string of the molecule is Cc1cccc(Cl)c1NC(=O)N1CCC(N(C)CCCO)CC1. The Balaban J connectivity index is 1.86. The number of carbonyl (C=O) groups is 1. The number of halogens is 1. The minimum absolute atomic E-state index is 0.0855. The first kappa shape index (κ1) is 18.0. The van der Waals surface area contributed by atoms with Gasteiger partial charge in [0.15, 0.2) is 0 Å². The quantitative estimate of drug-likeness (QED) is 0.867. The van der Waals surface area contributed by atoms with E-state index < -0.39 is 0 Å². The summed E-state index contributed by atoms with van der Waals surface area (Å²) in [5.41, 5.74) is 1.66. The van der Waals surface area contributed by atoms with Crippen LogP contribution in [0, 0.1) is 6.92 Å². The number of aliphatic hydroxyl groups is 1. The minimum Gasteiger partial charge on any atom is -0.396 e. The molecular weight excluding hydrogens is 314 g/mol. The van der Waals surface area contributed by atoms with E-state index in [4.69, 9.17) is 16.7 Å². The summed E-state index contributed by atoms with van der Waals surface area (Å²) in [6.07, 6.45) is 2.71. The summed E-state index contributed by atoms with van der Waals surface area (Å²) in [6, 6.07) is 5.99. The number of aryl methyl sites for hydroxylation is 1. The molecule has 2 amide bonds. The number of likely N-dealkylation sites (tertiary alicyclic amines) is 1. The lowest BCUT2D eigenvalue weighted by Crippen LogP contribution is -2.47. The lowest BCUT2D eigenvalue weighted by atomic mass is 10.0. The molecule has 5 nitrogen and oxygen atoms in total. The molecule has 0 spiro atoms. The maximum atomic E-state index is 12.4. The Kier molecular flexibility index (Phi) is 6.69. The van der Waals surface area contributed by atoms with Gasteiger partial charge in [0.05, 0.1) is 10.7 Å². The van der Waals surface area contributed by atoms with E-state index >= 15 is 0 Å². The van der Waals surface area contributed by atoms with E-state index in [0.29, 0.717) is 16.8 Å². The third kappa shape index (κ3) is 4.83. The molecule has 128 valence electrons. The van der Waals surface area contributed by atoms with Gasteiger partial charge in [-0.25, -0.2) is 4.79 Å². The second kappa shape index (κ2) is 8.52. The zero-order valence-corrected chi connectivity index (χ0v) is 14.6. The summed E-state index contributed by atoms with van der Waals surface area (Å²) >= 11 is 6.17. The predicted octanol–water partition coefficient (Wildman–Crippen LogP) is 2.96. The fourth-order valence-corrected chi connectivity index (χ4v) is 3.26. The highest BCUT2D eigenvalue weighted by molar-refractivity contribution is 6.33. The van der Waals surface area contributed by atoms with Crippen LogP contribution in [0.15, 0.2) is 18.2 Å². The van der Waals surface area contributed by atoms with Gasteiger partial charge in [-0.2, -0.15) is 0 Å². The van der Waals surface area contributed by atoms with Gasteiger partial charge in [0.2, 0.25) is 0 Å². The predicted molar refractivity (Wildman–Crippen MR) is 94.1 cm³/mol. The number of hydrogen-bond acceptors (Lipinski definition) is 3. The van der Waals surface area contributed by atoms with E-state index in [1.165, 1.54) is 0 Å². The van der Waals surface area contributed by atoms with Crippen molar-refractivity contribution in [2.45, 2.75) is 32.2 Å². The number of hydrogen-bond donors (Lipinski definition) is 2. The number of carbonyl (C=O) groups excluding carboxylic acids is 1. The summed E-state index contributed by atoms with van der Waals surface area (Å²) < 4.78 is 0. The fourth-order valence-electron chi connectivity index (χ4n) is 2.99. The molecule has 0 unspecified atom stereocenters. The van der Waals surface area contributed by atoms with Crippen LogP contribution in [0.25, 0.3) is 0 Å². The first-order valence-corrected chi connectivity index (χ1v) is 8.53. The molecule has 1 aliphatic heterocycles. The highest BCUT2D eigenvalue weighted by Gasteiger charge is 2.25. The molecule has 1 heterocycles. The molecule has 1 aromatic rings. The van der Waals surface area contributed by atoms with Gasteiger partial charge >= 0.3 is 6.03 Å². The summed E-state index contributed by atoms with van der Waals surface area (Å²) in [6.45, 7) is 4.53. The van der Waals surface area contributed by atoms with Gasteiger partial charge in [0.25, 0.3) is 0 Å². The molecule has 0 aliphatic carbocycles. The van der Waals surface area contributed by atoms with Crippen molar-refractivity contribution in [2.75, 3.05) is 38.6 Å². The number of nitrogens with zero attached hydrogens (tertiary/aromatic N) is 2. The van der Waals surface area contributed by atoms with Crippen LogP contribution in [0.2, 0.25) is 5.02 Å². The lowest BCUT2D eigenvalue weighted by Gasteiger charge is -2.36. The molecule has 1 fully saturated rings. The third-order valence-corrected chi connectivity index (χ3v) is 4.81. The van der Waals surface area contributed by atoms with Gasteiger partial charge in [0, 0.05) is 32.3 Å². The highest BCUT2D eigenvalue weighted by atomic mass is 35.5. The Morgan fingerprint density at radius 1 is 1.43 bits per heavy atom. The largest absolute Gasteiger partial charge is 0.396 e. The summed E-state index contributed by atoms with van der Waals surface area (Å²) in [5, 5.41) is 12.4. The van der Waals surface area contributed by atoms with E-state index in [1.807, 2.05) is 24.0 Å². The van der Waals surface area contributed by atoms with Crippen molar-refractivity contribution in [1.82, 2.24) is 9.80 Å². The number of para-hydroxylation sites is 1. The zero-order chi connectivity index (χ0) is 16.8. The molecule has 0 radical (unpaired) electrons. The Labute approximate surface area is 143 Å². The molecule has 1 aromatic carbocycles. The van der Waals surface area contributed by atoms with Crippen molar-refractivity contribution >= 4 is 23.3 Å². The van der Waals surface area contributed by atoms with E-state index in [9.17, 15) is 4.79 Å². The van der Waals surface area contributed by atoms with Crippen molar-refractivity contribution < 1.29 is 9.90 Å². The van der Waals surface area contributed by atoms with Crippen LogP contribution < -0.4 is 5.32 Å². The second-order valence-electron chi connectivity index (χ2n) is 6.14. The molecule has 0 bridgehead atoms. The van der Waals surface area contributed by atoms with E-state index in [0.717, 1.165) is 44.5 Å². The van der Waals surface area contributed by atoms with Gasteiger partial charge < -0.3 is 20.2 Å². The molecule has 1 aliphatic rings. The number of benzene rings is 1. The monoisotopic (exact) mass is 339 g/mol. The topological polar surface area (TPSA) is 55.8 Å². The molecular formula is C17H26ClN3O2. The van der Waals surface area contributed by atoms with Crippen LogP contribution >= 0.6 is 11.6 Å². The summed E-state index contributed by atoms with van der Waals surface area (Å²) in [4.78, 5) is 16.6. The van der Waals surface area contributed by atoms with Crippen molar-refractivity contribution in [2.24, 2.45) is 0 Å². The summed E-state index contributed by atoms with van der Waals surface area (Å²) in [5.74, 6) is 0. The molecule has 2 rings (SSSR count). The Hall–Kier alpha value is -1.30. The van der Waals surface area contributed by atoms with Crippen molar-refractivity contribution in [3.05, 3.63) is 28.8 Å². The van der Waals surface area contributed by atoms with Crippen molar-refractivity contribution in [3.8, 4) is 0 Å². The number of aliphatic hydroxyl groups excluding tert-OH is 1. The lowest BCUT2D eigenvalue weighted by molar-refractivity contribution is 0.134. The molecule has 2 N–H and O–H groups in total. The first-order valence-electron chi connectivity index (χ1n) is 8.15. The minimum atomic E-state index is -0.0855. The van der Waals surface area contributed by atoms with Gasteiger partial charge in [-0.3, -0.25) is 0 Å². The third-order valence-electron chi connectivity index (χ3n) is 4.50. The van der Waals surface area contributed by atoms with E-state index in [2.05, 4.69) is 17.3 Å². The molecule has 23 heavy (non-hydrogen) atoms. The van der Waals surface area contributed by atoms with Crippen molar-refractivity contribution in [3.63, 3.8) is 0 Å². The molecule has 1 saturated heterocycles. The highest BCUT2D eigenvalue weighted by Crippen LogP contribution is 2.26. The summed E-state index contributed by atoms with van der Waals surface area (Å²) in [7, 11) is 2.09. The number of piperidine rings is 1. The maximum Gasteiger partial charge on any atom is 0.321 e. The smallest absolute Gasteiger partial charge is 0.321 e. The molecule has 0 saturated carbocycles. The van der Waals surface area contributed by atoms with Gasteiger partial charge in [-0.1, -0.05) is 23.7 Å². The second-order valence-corrected chi connectivity index (χ2v) is 6.55. The number of nitrogens with one attached hydrogen (secondary N) is 1. The average molecular weight is 340 g/mol. The number of anilines is 1. The van der Waals surface area contributed by atoms with Gasteiger partial charge in [-0.15, -0.1) is 0 Å². The van der Waals surface area contributed by atoms with Gasteiger partial charge in [-0.05, 0) is 44.9 Å². The Bertz CT molecular complexity index is 510. The fraction of sp³-hybridized carbons (Fsp3) is 0.588. The van der Waals surface area contributed by atoms with Crippen molar-refractivity contribution in [1.29, 1.82) is 0 Å². The first-order chi connectivity index (χ1) is 11.0. The van der Waals surface area contributed by atoms with Crippen LogP contribution in [-0.2, 0) is 0 Å². The Morgan fingerprint density at radius 2 is 2.13 bits per heavy atom. The van der Waals surface area contributed by atoms with Crippen LogP contribution in [-0.4, -0.2) is 60.3 Å². The van der Waals surface area contributed by atoms with Crippen LogP contribution in [0.4, 0.5) is 10.5 Å². The Morgan fingerprint density at radius 3 is 2.74 bits per heavy atom.